The number of methoxy groups -OCH3 is 1. The van der Waals surface area contributed by atoms with E-state index in [1.807, 2.05) is 0 Å². The topological polar surface area (TPSA) is 91.1 Å². The predicted octanol–water partition coefficient (Wildman–Crippen LogP) is 3.83. The summed E-state index contributed by atoms with van der Waals surface area (Å²) in [5, 5.41) is 3.49. The molecule has 3 heterocycles. The molecule has 35 heavy (non-hydrogen) atoms. The van der Waals surface area contributed by atoms with Crippen molar-refractivity contribution in [3.8, 4) is 5.75 Å². The average molecular weight is 506 g/mol. The fraction of sp³-hybridized carbons (Fsp3) is 0.692. The standard InChI is InChI=1S/C26H40ClN5O3/c1-35-24-17-23(28)22(27)16-21(24)25(33)29-20-8-12-30(13-9-20)18-19-6-14-32(15-7-19)26(34)31-10-4-2-3-5-11-31/h16-17,19-20H,2-15,18,28H2,1H3,(H,29,33). The van der Waals surface area contributed by atoms with E-state index in [0.717, 1.165) is 84.3 Å². The van der Waals surface area contributed by atoms with Crippen molar-refractivity contribution in [1.29, 1.82) is 0 Å². The molecule has 0 radical (unpaired) electrons. The highest BCUT2D eigenvalue weighted by atomic mass is 35.5. The maximum atomic E-state index is 12.9. The number of amides is 3. The third-order valence-corrected chi connectivity index (χ3v) is 8.09. The largest absolute Gasteiger partial charge is 0.496 e. The van der Waals surface area contributed by atoms with Gasteiger partial charge in [0.15, 0.2) is 0 Å². The van der Waals surface area contributed by atoms with Crippen molar-refractivity contribution >= 4 is 29.2 Å². The summed E-state index contributed by atoms with van der Waals surface area (Å²) in [7, 11) is 1.52. The first-order valence-corrected chi connectivity index (χ1v) is 13.5. The Labute approximate surface area is 214 Å². The molecule has 3 aliphatic rings. The number of nitrogens with zero attached hydrogens (tertiary/aromatic N) is 3. The number of nitrogens with one attached hydrogen (secondary N) is 1. The van der Waals surface area contributed by atoms with Crippen molar-refractivity contribution in [3.05, 3.63) is 22.7 Å². The van der Waals surface area contributed by atoms with Gasteiger partial charge in [0, 0.05) is 57.9 Å². The zero-order valence-electron chi connectivity index (χ0n) is 20.9. The normalized spacial score (nSPS) is 21.0. The molecule has 3 N–H and O–H groups in total. The van der Waals surface area contributed by atoms with Gasteiger partial charge >= 0.3 is 6.03 Å². The number of likely N-dealkylation sites (tertiary alicyclic amines) is 3. The van der Waals surface area contributed by atoms with Crippen LogP contribution in [0.25, 0.3) is 0 Å². The van der Waals surface area contributed by atoms with Gasteiger partial charge in [0.2, 0.25) is 0 Å². The van der Waals surface area contributed by atoms with Crippen LogP contribution in [0, 0.1) is 5.92 Å². The first-order valence-electron chi connectivity index (χ1n) is 13.1. The molecule has 0 bridgehead atoms. The number of halogens is 1. The highest BCUT2D eigenvalue weighted by Gasteiger charge is 2.29. The van der Waals surface area contributed by atoms with Crippen LogP contribution in [0.1, 0.15) is 61.7 Å². The minimum atomic E-state index is -0.177. The number of hydrogen-bond donors (Lipinski definition) is 2. The molecular weight excluding hydrogens is 466 g/mol. The fourth-order valence-electron chi connectivity index (χ4n) is 5.57. The third-order valence-electron chi connectivity index (χ3n) is 7.76. The molecule has 0 spiro atoms. The Morgan fingerprint density at radius 3 is 2.23 bits per heavy atom. The molecule has 0 aliphatic carbocycles. The monoisotopic (exact) mass is 505 g/mol. The fourth-order valence-corrected chi connectivity index (χ4v) is 5.74. The number of nitrogen functional groups attached to an aromatic ring is 1. The molecule has 0 saturated carbocycles. The summed E-state index contributed by atoms with van der Waals surface area (Å²) in [6.45, 7) is 6.60. The molecule has 194 valence electrons. The van der Waals surface area contributed by atoms with E-state index < -0.39 is 0 Å². The highest BCUT2D eigenvalue weighted by molar-refractivity contribution is 6.33. The maximum absolute atomic E-state index is 12.9. The molecular formula is C26H40ClN5O3. The van der Waals surface area contributed by atoms with Crippen molar-refractivity contribution in [1.82, 2.24) is 20.0 Å². The minimum Gasteiger partial charge on any atom is -0.496 e. The van der Waals surface area contributed by atoms with E-state index >= 15 is 0 Å². The Balaban J connectivity index is 1.19. The lowest BCUT2D eigenvalue weighted by molar-refractivity contribution is 0.0884. The number of anilines is 1. The van der Waals surface area contributed by atoms with Crippen LogP contribution in [0.2, 0.25) is 5.02 Å². The van der Waals surface area contributed by atoms with Crippen LogP contribution in [-0.2, 0) is 0 Å². The summed E-state index contributed by atoms with van der Waals surface area (Å²) < 4.78 is 5.32. The SMILES string of the molecule is COc1cc(N)c(Cl)cc1C(=O)NC1CCN(CC2CCN(C(=O)N3CCCCCC3)CC2)CC1. The maximum Gasteiger partial charge on any atom is 0.319 e. The number of carbonyl (C=O) groups excluding carboxylic acids is 2. The Kier molecular flexibility index (Phi) is 9.00. The van der Waals surface area contributed by atoms with E-state index in [-0.39, 0.29) is 18.0 Å². The second kappa shape index (κ2) is 12.2. The van der Waals surface area contributed by atoms with Crippen molar-refractivity contribution in [2.24, 2.45) is 5.92 Å². The summed E-state index contributed by atoms with van der Waals surface area (Å²) in [6.07, 6.45) is 8.76. The summed E-state index contributed by atoms with van der Waals surface area (Å²) in [6, 6.07) is 3.55. The number of benzene rings is 1. The number of piperidine rings is 2. The molecule has 0 atom stereocenters. The summed E-state index contributed by atoms with van der Waals surface area (Å²) in [5.74, 6) is 0.890. The Bertz CT molecular complexity index is 874. The quantitative estimate of drug-likeness (QED) is 0.593. The van der Waals surface area contributed by atoms with Crippen molar-refractivity contribution in [3.63, 3.8) is 0 Å². The molecule has 3 aliphatic heterocycles. The number of ether oxygens (including phenoxy) is 1. The number of urea groups is 1. The Morgan fingerprint density at radius 2 is 1.60 bits per heavy atom. The van der Waals surface area contributed by atoms with E-state index in [1.54, 1.807) is 12.1 Å². The molecule has 0 aromatic heterocycles. The molecule has 1 aromatic rings. The molecule has 1 aromatic carbocycles. The predicted molar refractivity (Wildman–Crippen MR) is 139 cm³/mol. The van der Waals surface area contributed by atoms with Crippen LogP contribution < -0.4 is 15.8 Å². The van der Waals surface area contributed by atoms with Gasteiger partial charge in [-0.2, -0.15) is 0 Å². The van der Waals surface area contributed by atoms with Crippen LogP contribution in [-0.4, -0.2) is 85.6 Å². The Hall–Kier alpha value is -2.19. The third kappa shape index (κ3) is 6.73. The van der Waals surface area contributed by atoms with E-state index in [9.17, 15) is 9.59 Å². The lowest BCUT2D eigenvalue weighted by Gasteiger charge is -2.39. The van der Waals surface area contributed by atoms with Crippen LogP contribution in [0.3, 0.4) is 0 Å². The van der Waals surface area contributed by atoms with Crippen molar-refractivity contribution < 1.29 is 14.3 Å². The average Bonchev–Trinajstić information content (AvgIpc) is 3.16. The van der Waals surface area contributed by atoms with E-state index in [4.69, 9.17) is 22.1 Å². The van der Waals surface area contributed by atoms with Gasteiger partial charge in [-0.05, 0) is 50.5 Å². The minimum absolute atomic E-state index is 0.132. The number of nitrogens with two attached hydrogens (primary N) is 1. The molecule has 4 rings (SSSR count). The van der Waals surface area contributed by atoms with Gasteiger partial charge in [0.25, 0.3) is 5.91 Å². The van der Waals surface area contributed by atoms with E-state index in [2.05, 4.69) is 20.0 Å². The van der Waals surface area contributed by atoms with E-state index in [1.165, 1.54) is 20.0 Å². The summed E-state index contributed by atoms with van der Waals surface area (Å²) in [4.78, 5) is 32.4. The number of carbonyl (C=O) groups is 2. The van der Waals surface area contributed by atoms with Crippen LogP contribution in [0.15, 0.2) is 12.1 Å². The number of hydrogen-bond acceptors (Lipinski definition) is 5. The molecule has 3 amide bonds. The first-order chi connectivity index (χ1) is 16.9. The van der Waals surface area contributed by atoms with Gasteiger partial charge < -0.3 is 30.5 Å². The zero-order valence-corrected chi connectivity index (χ0v) is 21.7. The molecule has 9 heteroatoms. The van der Waals surface area contributed by atoms with Gasteiger partial charge in [0.05, 0.1) is 23.4 Å². The molecule has 3 saturated heterocycles. The van der Waals surface area contributed by atoms with Gasteiger partial charge in [-0.15, -0.1) is 0 Å². The van der Waals surface area contributed by atoms with Crippen LogP contribution >= 0.6 is 11.6 Å². The number of rotatable bonds is 5. The lowest BCUT2D eigenvalue weighted by atomic mass is 9.94. The molecule has 8 nitrogen and oxygen atoms in total. The van der Waals surface area contributed by atoms with Crippen molar-refractivity contribution in [2.45, 2.75) is 57.4 Å². The van der Waals surface area contributed by atoms with Gasteiger partial charge in [-0.25, -0.2) is 4.79 Å². The first kappa shape index (κ1) is 25.9. The smallest absolute Gasteiger partial charge is 0.319 e. The van der Waals surface area contributed by atoms with E-state index in [0.29, 0.717) is 27.9 Å². The van der Waals surface area contributed by atoms with Crippen molar-refractivity contribution in [2.75, 3.05) is 58.7 Å². The zero-order chi connectivity index (χ0) is 24.8. The highest BCUT2D eigenvalue weighted by Crippen LogP contribution is 2.29. The summed E-state index contributed by atoms with van der Waals surface area (Å²) >= 11 is 6.12. The van der Waals surface area contributed by atoms with Crippen LogP contribution in [0.5, 0.6) is 5.75 Å². The second-order valence-corrected chi connectivity index (χ2v) is 10.6. The van der Waals surface area contributed by atoms with Gasteiger partial charge in [-0.3, -0.25) is 4.79 Å². The van der Waals surface area contributed by atoms with Crippen LogP contribution in [0.4, 0.5) is 10.5 Å². The molecule has 0 unspecified atom stereocenters. The second-order valence-electron chi connectivity index (χ2n) is 10.2. The van der Waals surface area contributed by atoms with Gasteiger partial charge in [0.1, 0.15) is 5.75 Å². The Morgan fingerprint density at radius 1 is 0.971 bits per heavy atom. The molecule has 3 fully saturated rings. The van der Waals surface area contributed by atoms with Gasteiger partial charge in [-0.1, -0.05) is 24.4 Å². The summed E-state index contributed by atoms with van der Waals surface area (Å²) in [5.41, 5.74) is 6.64. The lowest BCUT2D eigenvalue weighted by Crippen LogP contribution is -2.49.